The molecule has 4 aromatic rings. The van der Waals surface area contributed by atoms with Crippen LogP contribution in [0.25, 0.3) is 22.6 Å². The van der Waals surface area contributed by atoms with Crippen molar-refractivity contribution in [2.24, 2.45) is 0 Å². The van der Waals surface area contributed by atoms with E-state index in [9.17, 15) is 0 Å². The second-order valence-corrected chi connectivity index (χ2v) is 7.35. The number of nitrogens with zero attached hydrogens (tertiary/aromatic N) is 4. The maximum atomic E-state index is 5.39. The molecule has 0 N–H and O–H groups in total. The quantitative estimate of drug-likeness (QED) is 0.425. The summed E-state index contributed by atoms with van der Waals surface area (Å²) in [6.45, 7) is 0.227. The Labute approximate surface area is 176 Å². The second kappa shape index (κ2) is 8.03. The highest BCUT2D eigenvalue weighted by atomic mass is 32.2. The number of hydrogen-bond acceptors (Lipinski definition) is 9. The van der Waals surface area contributed by atoms with Gasteiger partial charge in [0.05, 0.1) is 18.6 Å². The highest BCUT2D eigenvalue weighted by molar-refractivity contribution is 7.98. The largest absolute Gasteiger partial charge is 0.497 e. The lowest BCUT2D eigenvalue weighted by Gasteiger charge is -2.04. The Morgan fingerprint density at radius 2 is 1.90 bits per heavy atom. The molecule has 0 unspecified atom stereocenters. The van der Waals surface area contributed by atoms with E-state index in [4.69, 9.17) is 18.7 Å². The Hall–Kier alpha value is -3.59. The molecule has 1 aliphatic heterocycles. The molecule has 0 radical (unpaired) electrons. The molecule has 9 heteroatoms. The number of benzene rings is 2. The van der Waals surface area contributed by atoms with Crippen molar-refractivity contribution in [2.45, 2.75) is 10.8 Å². The first-order valence-electron chi connectivity index (χ1n) is 9.12. The Bertz CT molecular complexity index is 1180. The molecule has 5 rings (SSSR count). The van der Waals surface area contributed by atoms with E-state index in [2.05, 4.69) is 20.3 Å². The molecule has 0 atom stereocenters. The molecule has 2 aromatic carbocycles. The van der Waals surface area contributed by atoms with E-state index < -0.39 is 0 Å². The van der Waals surface area contributed by atoms with Crippen LogP contribution in [0.2, 0.25) is 0 Å². The van der Waals surface area contributed by atoms with Crippen LogP contribution in [-0.2, 0) is 5.75 Å². The third-order valence-corrected chi connectivity index (χ3v) is 5.35. The standard InChI is InChI=1S/C21H16N4O4S/c1-26-15-4-2-3-13(9-15)16-6-8-20(24-23-16)30-11-19-22-21(25-29-19)14-5-7-17-18(10-14)28-12-27-17/h2-10H,11-12H2,1H3. The zero-order valence-corrected chi connectivity index (χ0v) is 16.8. The number of rotatable bonds is 6. The second-order valence-electron chi connectivity index (χ2n) is 6.36. The lowest BCUT2D eigenvalue weighted by Crippen LogP contribution is -1.92. The SMILES string of the molecule is COc1cccc(-c2ccc(SCc3nc(-c4ccc5c(c4)OCO5)no3)nn2)c1. The van der Waals surface area contributed by atoms with Gasteiger partial charge in [-0.1, -0.05) is 29.1 Å². The van der Waals surface area contributed by atoms with Crippen LogP contribution in [0.4, 0.5) is 0 Å². The van der Waals surface area contributed by atoms with Crippen LogP contribution < -0.4 is 14.2 Å². The van der Waals surface area contributed by atoms with Crippen molar-refractivity contribution in [3.05, 3.63) is 60.5 Å². The summed E-state index contributed by atoms with van der Waals surface area (Å²) < 4.78 is 21.3. The van der Waals surface area contributed by atoms with Crippen molar-refractivity contribution < 1.29 is 18.7 Å². The van der Waals surface area contributed by atoms with Crippen LogP contribution in [0.3, 0.4) is 0 Å². The van der Waals surface area contributed by atoms with Crippen LogP contribution in [0.5, 0.6) is 17.2 Å². The normalized spacial score (nSPS) is 12.2. The molecule has 2 aromatic heterocycles. The zero-order valence-electron chi connectivity index (χ0n) is 15.9. The van der Waals surface area contributed by atoms with Crippen LogP contribution >= 0.6 is 11.8 Å². The number of methoxy groups -OCH3 is 1. The summed E-state index contributed by atoms with van der Waals surface area (Å²) in [5.41, 5.74) is 2.53. The van der Waals surface area contributed by atoms with Gasteiger partial charge in [-0.25, -0.2) is 0 Å². The van der Waals surface area contributed by atoms with Gasteiger partial charge in [-0.15, -0.1) is 10.2 Å². The summed E-state index contributed by atoms with van der Waals surface area (Å²) in [7, 11) is 1.64. The lowest BCUT2D eigenvalue weighted by molar-refractivity contribution is 0.174. The number of ether oxygens (including phenoxy) is 3. The number of fused-ring (bicyclic) bond motifs is 1. The average Bonchev–Trinajstić information content (AvgIpc) is 3.47. The lowest BCUT2D eigenvalue weighted by atomic mass is 10.1. The fourth-order valence-electron chi connectivity index (χ4n) is 2.94. The van der Waals surface area contributed by atoms with E-state index in [0.29, 0.717) is 29.0 Å². The van der Waals surface area contributed by atoms with Gasteiger partial charge in [0, 0.05) is 11.1 Å². The average molecular weight is 420 g/mol. The molecule has 0 saturated carbocycles. The number of aromatic nitrogens is 4. The molecule has 150 valence electrons. The van der Waals surface area contributed by atoms with Crippen LogP contribution in [0.1, 0.15) is 5.89 Å². The Kier molecular flexibility index (Phi) is 4.94. The fourth-order valence-corrected chi connectivity index (χ4v) is 3.59. The van der Waals surface area contributed by atoms with Crippen LogP contribution in [0, 0.1) is 0 Å². The first-order valence-corrected chi connectivity index (χ1v) is 10.1. The minimum atomic E-state index is 0.227. The van der Waals surface area contributed by atoms with Gasteiger partial charge in [0.15, 0.2) is 11.5 Å². The van der Waals surface area contributed by atoms with Gasteiger partial charge < -0.3 is 18.7 Å². The monoisotopic (exact) mass is 420 g/mol. The first kappa shape index (κ1) is 18.4. The third-order valence-electron chi connectivity index (χ3n) is 4.45. The van der Waals surface area contributed by atoms with Crippen molar-refractivity contribution >= 4 is 11.8 Å². The molecular formula is C21H16N4O4S. The van der Waals surface area contributed by atoms with E-state index in [1.807, 2.05) is 54.6 Å². The molecule has 0 spiro atoms. The minimum Gasteiger partial charge on any atom is -0.497 e. The summed E-state index contributed by atoms with van der Waals surface area (Å²) in [4.78, 5) is 4.45. The highest BCUT2D eigenvalue weighted by Crippen LogP contribution is 2.35. The predicted molar refractivity (Wildman–Crippen MR) is 109 cm³/mol. The molecule has 3 heterocycles. The third kappa shape index (κ3) is 3.79. The van der Waals surface area contributed by atoms with Crippen molar-refractivity contribution in [1.82, 2.24) is 20.3 Å². The van der Waals surface area contributed by atoms with E-state index in [1.54, 1.807) is 7.11 Å². The highest BCUT2D eigenvalue weighted by Gasteiger charge is 2.16. The zero-order chi connectivity index (χ0) is 20.3. The van der Waals surface area contributed by atoms with Crippen LogP contribution in [-0.4, -0.2) is 34.2 Å². The van der Waals surface area contributed by atoms with E-state index in [0.717, 1.165) is 27.6 Å². The first-order chi connectivity index (χ1) is 14.8. The van der Waals surface area contributed by atoms with Gasteiger partial charge in [0.25, 0.3) is 0 Å². The molecule has 1 aliphatic rings. The maximum Gasteiger partial charge on any atom is 0.237 e. The van der Waals surface area contributed by atoms with Crippen molar-refractivity contribution in [3.63, 3.8) is 0 Å². The summed E-state index contributed by atoms with van der Waals surface area (Å²) in [5, 5.41) is 13.4. The summed E-state index contributed by atoms with van der Waals surface area (Å²) in [6.07, 6.45) is 0. The van der Waals surface area contributed by atoms with Gasteiger partial charge >= 0.3 is 0 Å². The molecule has 30 heavy (non-hydrogen) atoms. The predicted octanol–water partition coefficient (Wildman–Crippen LogP) is 4.22. The molecule has 0 amide bonds. The van der Waals surface area contributed by atoms with Gasteiger partial charge in [0.2, 0.25) is 18.5 Å². The van der Waals surface area contributed by atoms with Crippen molar-refractivity contribution in [3.8, 4) is 39.9 Å². The van der Waals surface area contributed by atoms with E-state index in [1.165, 1.54) is 11.8 Å². The summed E-state index contributed by atoms with van der Waals surface area (Å²) >= 11 is 1.47. The molecule has 0 aliphatic carbocycles. The topological polar surface area (TPSA) is 92.4 Å². The van der Waals surface area contributed by atoms with Gasteiger partial charge in [-0.2, -0.15) is 4.98 Å². The van der Waals surface area contributed by atoms with E-state index in [-0.39, 0.29) is 6.79 Å². The van der Waals surface area contributed by atoms with Gasteiger partial charge in [0.1, 0.15) is 10.8 Å². The van der Waals surface area contributed by atoms with Crippen LogP contribution in [0.15, 0.2) is 64.1 Å². The fraction of sp³-hybridized carbons (Fsp3) is 0.143. The Morgan fingerprint density at radius 1 is 0.967 bits per heavy atom. The molecule has 8 nitrogen and oxygen atoms in total. The Morgan fingerprint density at radius 3 is 2.77 bits per heavy atom. The molecule has 0 bridgehead atoms. The van der Waals surface area contributed by atoms with E-state index >= 15 is 0 Å². The molecule has 0 saturated heterocycles. The van der Waals surface area contributed by atoms with Crippen molar-refractivity contribution in [1.29, 1.82) is 0 Å². The van der Waals surface area contributed by atoms with Gasteiger partial charge in [-0.05, 0) is 42.5 Å². The smallest absolute Gasteiger partial charge is 0.237 e. The number of thioether (sulfide) groups is 1. The van der Waals surface area contributed by atoms with Gasteiger partial charge in [-0.3, -0.25) is 0 Å². The summed E-state index contributed by atoms with van der Waals surface area (Å²) in [5.74, 6) is 3.68. The van der Waals surface area contributed by atoms with Crippen molar-refractivity contribution in [2.75, 3.05) is 13.9 Å². The summed E-state index contributed by atoms with van der Waals surface area (Å²) in [6, 6.07) is 17.1. The number of hydrogen-bond donors (Lipinski definition) is 0. The Balaban J connectivity index is 1.24. The molecular weight excluding hydrogens is 404 g/mol. The minimum absolute atomic E-state index is 0.227. The molecule has 0 fully saturated rings. The maximum absolute atomic E-state index is 5.39.